The lowest BCUT2D eigenvalue weighted by atomic mass is 10.1. The maximum absolute atomic E-state index is 12.5. The van der Waals surface area contributed by atoms with Crippen LogP contribution in [0.5, 0.6) is 0 Å². The van der Waals surface area contributed by atoms with Gasteiger partial charge in [0, 0.05) is 35.7 Å². The molecule has 26 heavy (non-hydrogen) atoms. The number of nitrogens with zero attached hydrogens (tertiary/aromatic N) is 1. The Balaban J connectivity index is 1.67. The van der Waals surface area contributed by atoms with Crippen molar-refractivity contribution in [2.45, 2.75) is 31.2 Å². The van der Waals surface area contributed by atoms with Gasteiger partial charge in [0.2, 0.25) is 0 Å². The van der Waals surface area contributed by atoms with Crippen LogP contribution in [0.2, 0.25) is 0 Å². The SMILES string of the molecule is CSc1ccc(C)c(C(=O)NCc2cccc(C(=O)N3CCCC3)c2)c1. The van der Waals surface area contributed by atoms with E-state index in [1.54, 1.807) is 11.8 Å². The molecule has 1 heterocycles. The first kappa shape index (κ1) is 18.5. The third-order valence-electron chi connectivity index (χ3n) is 4.71. The number of carbonyl (C=O) groups excluding carboxylic acids is 2. The highest BCUT2D eigenvalue weighted by Gasteiger charge is 2.19. The molecule has 4 nitrogen and oxygen atoms in total. The van der Waals surface area contributed by atoms with Gasteiger partial charge in [-0.25, -0.2) is 0 Å². The number of carbonyl (C=O) groups is 2. The predicted molar refractivity (Wildman–Crippen MR) is 106 cm³/mol. The van der Waals surface area contributed by atoms with Crippen molar-refractivity contribution in [1.29, 1.82) is 0 Å². The fraction of sp³-hybridized carbons (Fsp3) is 0.333. The molecule has 0 aromatic heterocycles. The Labute approximate surface area is 159 Å². The number of thioether (sulfide) groups is 1. The van der Waals surface area contributed by atoms with Crippen molar-refractivity contribution in [2.75, 3.05) is 19.3 Å². The molecule has 1 saturated heterocycles. The van der Waals surface area contributed by atoms with Gasteiger partial charge in [-0.05, 0) is 61.4 Å². The lowest BCUT2D eigenvalue weighted by Crippen LogP contribution is -2.28. The summed E-state index contributed by atoms with van der Waals surface area (Å²) in [6.45, 7) is 4.02. The quantitative estimate of drug-likeness (QED) is 0.815. The zero-order chi connectivity index (χ0) is 18.5. The van der Waals surface area contributed by atoms with E-state index in [1.807, 2.05) is 60.5 Å². The summed E-state index contributed by atoms with van der Waals surface area (Å²) in [6, 6.07) is 13.4. The van der Waals surface area contributed by atoms with Crippen LogP contribution in [0.3, 0.4) is 0 Å². The van der Waals surface area contributed by atoms with E-state index in [0.29, 0.717) is 17.7 Å². The maximum atomic E-state index is 12.5. The number of rotatable bonds is 5. The van der Waals surface area contributed by atoms with Crippen LogP contribution in [0.15, 0.2) is 47.4 Å². The summed E-state index contributed by atoms with van der Waals surface area (Å²) in [5.74, 6) is -0.00568. The summed E-state index contributed by atoms with van der Waals surface area (Å²) in [5, 5.41) is 2.97. The van der Waals surface area contributed by atoms with E-state index in [-0.39, 0.29) is 11.8 Å². The maximum Gasteiger partial charge on any atom is 0.253 e. The molecule has 2 amide bonds. The van der Waals surface area contributed by atoms with Crippen molar-refractivity contribution in [1.82, 2.24) is 10.2 Å². The van der Waals surface area contributed by atoms with Crippen LogP contribution in [0.25, 0.3) is 0 Å². The lowest BCUT2D eigenvalue weighted by Gasteiger charge is -2.16. The molecular formula is C21H24N2O2S. The smallest absolute Gasteiger partial charge is 0.253 e. The first-order valence-corrected chi connectivity index (χ1v) is 10.1. The van der Waals surface area contributed by atoms with E-state index in [9.17, 15) is 9.59 Å². The molecule has 0 aliphatic carbocycles. The number of hydrogen-bond acceptors (Lipinski definition) is 3. The molecular weight excluding hydrogens is 344 g/mol. The van der Waals surface area contributed by atoms with Crippen molar-refractivity contribution in [3.05, 3.63) is 64.7 Å². The molecule has 0 atom stereocenters. The number of benzene rings is 2. The second-order valence-corrected chi connectivity index (χ2v) is 7.44. The number of hydrogen-bond donors (Lipinski definition) is 1. The minimum absolute atomic E-state index is 0.0826. The Morgan fingerprint density at radius 2 is 1.88 bits per heavy atom. The van der Waals surface area contributed by atoms with Gasteiger partial charge in [0.25, 0.3) is 11.8 Å². The predicted octanol–water partition coefficient (Wildman–Crippen LogP) is 3.88. The van der Waals surface area contributed by atoms with Gasteiger partial charge in [0.05, 0.1) is 0 Å². The number of amides is 2. The van der Waals surface area contributed by atoms with E-state index in [4.69, 9.17) is 0 Å². The minimum atomic E-state index is -0.0883. The highest BCUT2D eigenvalue weighted by atomic mass is 32.2. The Morgan fingerprint density at radius 1 is 1.12 bits per heavy atom. The van der Waals surface area contributed by atoms with Crippen molar-refractivity contribution >= 4 is 23.6 Å². The average Bonchev–Trinajstić information content (AvgIpc) is 3.21. The normalized spacial score (nSPS) is 13.7. The van der Waals surface area contributed by atoms with Crippen LogP contribution in [0.4, 0.5) is 0 Å². The summed E-state index contributed by atoms with van der Waals surface area (Å²) in [5.41, 5.74) is 3.28. The van der Waals surface area contributed by atoms with Gasteiger partial charge in [-0.15, -0.1) is 11.8 Å². The molecule has 136 valence electrons. The van der Waals surface area contributed by atoms with Crippen molar-refractivity contribution in [2.24, 2.45) is 0 Å². The van der Waals surface area contributed by atoms with Crippen molar-refractivity contribution in [3.63, 3.8) is 0 Å². The molecule has 0 bridgehead atoms. The van der Waals surface area contributed by atoms with Crippen LogP contribution in [0.1, 0.15) is 44.7 Å². The molecule has 1 aliphatic heterocycles. The molecule has 5 heteroatoms. The van der Waals surface area contributed by atoms with Crippen molar-refractivity contribution < 1.29 is 9.59 Å². The van der Waals surface area contributed by atoms with Gasteiger partial charge >= 0.3 is 0 Å². The second kappa shape index (κ2) is 8.41. The highest BCUT2D eigenvalue weighted by Crippen LogP contribution is 2.19. The third kappa shape index (κ3) is 4.28. The number of nitrogens with one attached hydrogen (secondary N) is 1. The van der Waals surface area contributed by atoms with E-state index < -0.39 is 0 Å². The van der Waals surface area contributed by atoms with Crippen LogP contribution in [-0.4, -0.2) is 36.1 Å². The zero-order valence-corrected chi connectivity index (χ0v) is 16.1. The molecule has 1 fully saturated rings. The fourth-order valence-electron chi connectivity index (χ4n) is 3.17. The van der Waals surface area contributed by atoms with E-state index >= 15 is 0 Å². The highest BCUT2D eigenvalue weighted by molar-refractivity contribution is 7.98. The van der Waals surface area contributed by atoms with Gasteiger partial charge in [0.1, 0.15) is 0 Å². The van der Waals surface area contributed by atoms with E-state index in [1.165, 1.54) is 0 Å². The Morgan fingerprint density at radius 3 is 2.62 bits per heavy atom. The summed E-state index contributed by atoms with van der Waals surface area (Å²) in [4.78, 5) is 28.0. The summed E-state index contributed by atoms with van der Waals surface area (Å²) in [6.07, 6.45) is 4.15. The average molecular weight is 369 g/mol. The topological polar surface area (TPSA) is 49.4 Å². The zero-order valence-electron chi connectivity index (χ0n) is 15.2. The van der Waals surface area contributed by atoms with Gasteiger partial charge in [-0.1, -0.05) is 18.2 Å². The second-order valence-electron chi connectivity index (χ2n) is 6.56. The van der Waals surface area contributed by atoms with Crippen LogP contribution in [-0.2, 0) is 6.54 Å². The lowest BCUT2D eigenvalue weighted by molar-refractivity contribution is 0.0792. The van der Waals surface area contributed by atoms with Crippen LogP contribution < -0.4 is 5.32 Å². The van der Waals surface area contributed by atoms with Crippen LogP contribution in [0, 0.1) is 6.92 Å². The number of likely N-dealkylation sites (tertiary alicyclic amines) is 1. The summed E-state index contributed by atoms with van der Waals surface area (Å²) < 4.78 is 0. The number of aryl methyl sites for hydroxylation is 1. The molecule has 0 radical (unpaired) electrons. The Bertz CT molecular complexity index is 813. The monoisotopic (exact) mass is 368 g/mol. The molecule has 2 aromatic rings. The standard InChI is InChI=1S/C21H24N2O2S/c1-15-8-9-18(26-2)13-19(15)20(24)22-14-16-6-5-7-17(12-16)21(25)23-10-3-4-11-23/h5-9,12-13H,3-4,10-11,14H2,1-2H3,(H,22,24). The largest absolute Gasteiger partial charge is 0.348 e. The molecule has 2 aromatic carbocycles. The summed E-state index contributed by atoms with van der Waals surface area (Å²) >= 11 is 1.62. The molecule has 3 rings (SSSR count). The molecule has 1 N–H and O–H groups in total. The third-order valence-corrected chi connectivity index (χ3v) is 5.43. The first-order valence-electron chi connectivity index (χ1n) is 8.89. The van der Waals surface area contributed by atoms with Crippen LogP contribution >= 0.6 is 11.8 Å². The fourth-order valence-corrected chi connectivity index (χ4v) is 3.61. The minimum Gasteiger partial charge on any atom is -0.348 e. The van der Waals surface area contributed by atoms with E-state index in [0.717, 1.165) is 42.0 Å². The molecule has 0 spiro atoms. The van der Waals surface area contributed by atoms with Crippen molar-refractivity contribution in [3.8, 4) is 0 Å². The molecule has 0 unspecified atom stereocenters. The van der Waals surface area contributed by atoms with Gasteiger partial charge in [0.15, 0.2) is 0 Å². The Hall–Kier alpha value is -2.27. The van der Waals surface area contributed by atoms with Gasteiger partial charge < -0.3 is 10.2 Å². The van der Waals surface area contributed by atoms with Gasteiger partial charge in [-0.2, -0.15) is 0 Å². The first-order chi connectivity index (χ1) is 12.6. The Kier molecular flexibility index (Phi) is 5.99. The van der Waals surface area contributed by atoms with Gasteiger partial charge in [-0.3, -0.25) is 9.59 Å². The summed E-state index contributed by atoms with van der Waals surface area (Å²) in [7, 11) is 0. The van der Waals surface area contributed by atoms with E-state index in [2.05, 4.69) is 5.32 Å². The molecule has 1 aliphatic rings. The molecule has 0 saturated carbocycles.